The van der Waals surface area contributed by atoms with Crippen LogP contribution < -0.4 is 0 Å². The Morgan fingerprint density at radius 3 is 2.53 bits per heavy atom. The van der Waals surface area contributed by atoms with Crippen LogP contribution in [0.3, 0.4) is 0 Å². The fraction of sp³-hybridized carbons (Fsp3) is 1.00. The molecule has 1 fully saturated rings. The van der Waals surface area contributed by atoms with Gasteiger partial charge in [-0.2, -0.15) is 0 Å². The number of alkyl halides is 1. The van der Waals surface area contributed by atoms with E-state index in [0.717, 1.165) is 13.0 Å². The molecule has 0 amide bonds. The summed E-state index contributed by atoms with van der Waals surface area (Å²) < 4.78 is 22.8. The number of hydrogen-bond acceptors (Lipinski definition) is 3. The van der Waals surface area contributed by atoms with E-state index in [4.69, 9.17) is 0 Å². The summed E-state index contributed by atoms with van der Waals surface area (Å²) in [6.07, 6.45) is 5.83. The van der Waals surface area contributed by atoms with Crippen LogP contribution in [0.4, 0.5) is 0 Å². The molecule has 0 aromatic rings. The maximum atomic E-state index is 11.4. The van der Waals surface area contributed by atoms with Crippen LogP contribution in [0.2, 0.25) is 0 Å². The number of sulfone groups is 1. The van der Waals surface area contributed by atoms with Gasteiger partial charge in [0.2, 0.25) is 0 Å². The molecule has 3 nitrogen and oxygen atoms in total. The summed E-state index contributed by atoms with van der Waals surface area (Å²) in [6, 6.07) is 0.577. The summed E-state index contributed by atoms with van der Waals surface area (Å²) in [5.74, 6) is 0.592. The molecule has 0 saturated heterocycles. The highest BCUT2D eigenvalue weighted by Crippen LogP contribution is 2.27. The lowest BCUT2D eigenvalue weighted by atomic mass is 9.94. The second kappa shape index (κ2) is 7.10. The van der Waals surface area contributed by atoms with Gasteiger partial charge in [0.05, 0.1) is 5.75 Å². The molecule has 1 saturated carbocycles. The van der Waals surface area contributed by atoms with Crippen LogP contribution in [0, 0.1) is 0 Å². The van der Waals surface area contributed by atoms with Crippen molar-refractivity contribution >= 4 is 25.8 Å². The standard InChI is InChI=1S/C12H24BrNO2S/c1-3-17(15,16)10-6-9-14(2)12-8-5-4-7-11(12)13/h11-12H,3-10H2,1-2H3. The van der Waals surface area contributed by atoms with Gasteiger partial charge < -0.3 is 4.90 Å². The van der Waals surface area contributed by atoms with Crippen molar-refractivity contribution in [3.8, 4) is 0 Å². The molecule has 1 aliphatic rings. The SMILES string of the molecule is CCS(=O)(=O)CCCN(C)C1CCCCC1Br. The minimum Gasteiger partial charge on any atom is -0.302 e. The Morgan fingerprint density at radius 1 is 1.29 bits per heavy atom. The lowest BCUT2D eigenvalue weighted by Gasteiger charge is -2.35. The van der Waals surface area contributed by atoms with E-state index in [1.165, 1.54) is 25.7 Å². The molecule has 2 unspecified atom stereocenters. The second-order valence-electron chi connectivity index (χ2n) is 4.94. The first-order valence-corrected chi connectivity index (χ1v) is 9.24. The number of rotatable bonds is 6. The third kappa shape index (κ3) is 5.26. The quantitative estimate of drug-likeness (QED) is 0.704. The lowest BCUT2D eigenvalue weighted by Crippen LogP contribution is -2.41. The summed E-state index contributed by atoms with van der Waals surface area (Å²) in [5.41, 5.74) is 0. The van der Waals surface area contributed by atoms with Gasteiger partial charge in [-0.15, -0.1) is 0 Å². The molecule has 0 spiro atoms. The summed E-state index contributed by atoms with van der Waals surface area (Å²) in [4.78, 5) is 2.90. The lowest BCUT2D eigenvalue weighted by molar-refractivity contribution is 0.201. The molecule has 2 atom stereocenters. The van der Waals surface area contributed by atoms with Crippen LogP contribution in [-0.2, 0) is 9.84 Å². The van der Waals surface area contributed by atoms with E-state index in [1.54, 1.807) is 6.92 Å². The zero-order valence-electron chi connectivity index (χ0n) is 10.9. The van der Waals surface area contributed by atoms with Gasteiger partial charge in [-0.05, 0) is 32.9 Å². The van der Waals surface area contributed by atoms with Crippen molar-refractivity contribution < 1.29 is 8.42 Å². The fourth-order valence-electron chi connectivity index (χ4n) is 2.41. The number of hydrogen-bond donors (Lipinski definition) is 0. The van der Waals surface area contributed by atoms with Crippen LogP contribution in [0.15, 0.2) is 0 Å². The Bertz CT molecular complexity index is 318. The Labute approximate surface area is 114 Å². The van der Waals surface area contributed by atoms with E-state index in [-0.39, 0.29) is 5.75 Å². The van der Waals surface area contributed by atoms with Crippen LogP contribution in [0.25, 0.3) is 0 Å². The van der Waals surface area contributed by atoms with Gasteiger partial charge in [0.15, 0.2) is 0 Å². The molecular weight excluding hydrogens is 302 g/mol. The van der Waals surface area contributed by atoms with Crippen molar-refractivity contribution in [1.82, 2.24) is 4.90 Å². The highest BCUT2D eigenvalue weighted by atomic mass is 79.9. The predicted octanol–water partition coefficient (Wildman–Crippen LogP) is 2.45. The van der Waals surface area contributed by atoms with Gasteiger partial charge in [0.1, 0.15) is 9.84 Å². The molecule has 17 heavy (non-hydrogen) atoms. The molecule has 102 valence electrons. The van der Waals surface area contributed by atoms with Gasteiger partial charge in [0.25, 0.3) is 0 Å². The van der Waals surface area contributed by atoms with Crippen molar-refractivity contribution in [2.45, 2.75) is 49.9 Å². The highest BCUT2D eigenvalue weighted by molar-refractivity contribution is 9.09. The first kappa shape index (κ1) is 15.4. The second-order valence-corrected chi connectivity index (χ2v) is 8.59. The smallest absolute Gasteiger partial charge is 0.150 e. The zero-order chi connectivity index (χ0) is 12.9. The van der Waals surface area contributed by atoms with Crippen molar-refractivity contribution in [3.05, 3.63) is 0 Å². The van der Waals surface area contributed by atoms with Gasteiger partial charge in [-0.25, -0.2) is 8.42 Å². The number of nitrogens with zero attached hydrogens (tertiary/aromatic N) is 1. The average Bonchev–Trinajstić information content (AvgIpc) is 2.29. The van der Waals surface area contributed by atoms with E-state index < -0.39 is 9.84 Å². The van der Waals surface area contributed by atoms with Crippen molar-refractivity contribution in [2.24, 2.45) is 0 Å². The molecule has 0 N–H and O–H groups in total. The van der Waals surface area contributed by atoms with Crippen molar-refractivity contribution in [3.63, 3.8) is 0 Å². The maximum Gasteiger partial charge on any atom is 0.150 e. The van der Waals surface area contributed by atoms with Crippen LogP contribution >= 0.6 is 15.9 Å². The van der Waals surface area contributed by atoms with Crippen LogP contribution in [-0.4, -0.2) is 49.3 Å². The molecule has 0 bridgehead atoms. The first-order valence-electron chi connectivity index (χ1n) is 6.51. The molecule has 0 aliphatic heterocycles. The predicted molar refractivity (Wildman–Crippen MR) is 76.5 cm³/mol. The monoisotopic (exact) mass is 325 g/mol. The third-order valence-electron chi connectivity index (χ3n) is 3.62. The summed E-state index contributed by atoms with van der Waals surface area (Å²) >= 11 is 3.74. The summed E-state index contributed by atoms with van der Waals surface area (Å²) in [5, 5.41) is 0. The highest BCUT2D eigenvalue weighted by Gasteiger charge is 2.25. The van der Waals surface area contributed by atoms with Crippen molar-refractivity contribution in [1.29, 1.82) is 0 Å². The minimum absolute atomic E-state index is 0.265. The summed E-state index contributed by atoms with van der Waals surface area (Å²) in [6.45, 7) is 2.60. The zero-order valence-corrected chi connectivity index (χ0v) is 13.3. The number of halogens is 1. The van der Waals surface area contributed by atoms with Crippen LogP contribution in [0.1, 0.15) is 39.0 Å². The normalized spacial score (nSPS) is 26.4. The molecule has 0 heterocycles. The minimum atomic E-state index is -2.80. The van der Waals surface area contributed by atoms with Gasteiger partial charge in [0, 0.05) is 16.6 Å². The van der Waals surface area contributed by atoms with Crippen molar-refractivity contribution in [2.75, 3.05) is 25.1 Å². The Hall–Kier alpha value is 0.390. The van der Waals surface area contributed by atoms with Gasteiger partial charge >= 0.3 is 0 Å². The Kier molecular flexibility index (Phi) is 6.45. The topological polar surface area (TPSA) is 37.4 Å². The van der Waals surface area contributed by atoms with E-state index >= 15 is 0 Å². The van der Waals surface area contributed by atoms with Gasteiger partial charge in [-0.3, -0.25) is 0 Å². The summed E-state index contributed by atoms with van der Waals surface area (Å²) in [7, 11) is -0.684. The van der Waals surface area contributed by atoms with E-state index in [2.05, 4.69) is 27.9 Å². The maximum absolute atomic E-state index is 11.4. The molecule has 0 aromatic carbocycles. The first-order chi connectivity index (χ1) is 7.96. The molecule has 0 radical (unpaired) electrons. The Morgan fingerprint density at radius 2 is 1.94 bits per heavy atom. The van der Waals surface area contributed by atoms with E-state index in [9.17, 15) is 8.42 Å². The molecule has 1 aliphatic carbocycles. The third-order valence-corrected chi connectivity index (χ3v) is 6.48. The fourth-order valence-corrected chi connectivity index (χ4v) is 4.26. The van der Waals surface area contributed by atoms with E-state index in [1.807, 2.05) is 0 Å². The van der Waals surface area contributed by atoms with Crippen LogP contribution in [0.5, 0.6) is 0 Å². The molecule has 0 aromatic heterocycles. The average molecular weight is 326 g/mol. The molecular formula is C12H24BrNO2S. The van der Waals surface area contributed by atoms with Gasteiger partial charge in [-0.1, -0.05) is 35.7 Å². The largest absolute Gasteiger partial charge is 0.302 e. The molecule has 1 rings (SSSR count). The van der Waals surface area contributed by atoms with E-state index in [0.29, 0.717) is 16.6 Å². The Balaban J connectivity index is 2.31. The molecule has 5 heteroatoms.